The summed E-state index contributed by atoms with van der Waals surface area (Å²) in [4.78, 5) is 0. The Kier molecular flexibility index (Phi) is 6190000. The summed E-state index contributed by atoms with van der Waals surface area (Å²) in [6, 6.07) is 0. The largest absolute Gasteiger partial charge is 0.344 e. The van der Waals surface area contributed by atoms with Gasteiger partial charge in [-0.3, -0.25) is 0 Å². The van der Waals surface area contributed by atoms with Gasteiger partial charge >= 0.3 is 0 Å². The molecule has 19 heavy (non-hydrogen) atoms. The van der Waals surface area contributed by atoms with Crippen molar-refractivity contribution in [3.63, 3.8) is 0 Å². The highest BCUT2D eigenvalue weighted by molar-refractivity contribution is 2.52. The topological polar surface area (TPSA) is 35.0 Å². The monoisotopic (exact) mass is 400 g/mol. The second kappa shape index (κ2) is 3230000. The van der Waals surface area contributed by atoms with Gasteiger partial charge in [0.2, 0.25) is 0 Å². The van der Waals surface area contributed by atoms with Crippen molar-refractivity contribution in [2.24, 2.45) is 0 Å². The van der Waals surface area contributed by atoms with Crippen molar-refractivity contribution in [3.05, 3.63) is 0 Å². The van der Waals surface area contributed by atoms with Gasteiger partial charge in [0, 0.05) is 44.3 Å². The Morgan fingerprint density at radius 3 is 0.211 bits per heavy atom. The smallest absolute Gasteiger partial charge is 0 e. The zero-order chi connectivity index (χ0) is 26.0. The molecule has 0 radical (unpaired) electrons. The molecule has 0 saturated carbocycles. The maximum atomic E-state index is 5.00. The lowest BCUT2D eigenvalue weighted by Gasteiger charge is -0.344. The van der Waals surface area contributed by atoms with Gasteiger partial charge in [-0.1, -0.05) is 134 Å². The summed E-state index contributed by atoms with van der Waals surface area (Å²) < 4.78 is 130. The van der Waals surface area contributed by atoms with Crippen molar-refractivity contribution in [2.45, 2.75) is 134 Å². The van der Waals surface area contributed by atoms with Crippen LogP contribution in [0.2, 0.25) is 0 Å². The predicted octanol–water partition coefficient (Wildman–Crippen LogP) is 15.8. The molecule has 0 aromatic heterocycles. The van der Waals surface area contributed by atoms with Crippen LogP contribution in [0.1, 0.15) is 178 Å². The predicted molar refractivity (Wildman–Crippen MR) is 162 cm³/mol. The molecular weight excluding hydrogens is 230 g/mol. The highest BCUT2D eigenvalue weighted by Gasteiger charge is -0.0605. The van der Waals surface area contributed by atoms with E-state index in [2.05, 4.69) is 0 Å². The Balaban J connectivity index is -0.00000000106. The summed E-state index contributed by atoms with van der Waals surface area (Å²) in [6.45, 7) is 0. The first kappa shape index (κ1) is 36.4. The molecule has 0 aliphatic carbocycles. The van der Waals surface area contributed by atoms with E-state index in [0.717, 1.165) is 0 Å². The average Bonchev–Trinajstić information content (AvgIpc) is 2.90. The maximum Gasteiger partial charge on any atom is 0 e. The van der Waals surface area contributed by atoms with Crippen LogP contribution in [-0.2, 0) is 0 Å². The lowest BCUT2D eigenvalue weighted by atomic mass is 12.0. The molecule has 0 aromatic rings. The molecule has 0 aliphatic heterocycles. The van der Waals surface area contributed by atoms with Crippen LogP contribution in [-0.4, -0.2) is 0 Å². The molecule has 3 N–H and O–H groups in total. The van der Waals surface area contributed by atoms with Gasteiger partial charge in [-0.15, -0.1) is 0 Å². The molecule has 0 atom stereocenters. The van der Waals surface area contributed by atoms with Crippen molar-refractivity contribution in [2.75, 3.05) is 0 Å². The van der Waals surface area contributed by atoms with E-state index in [0.29, 0.717) is 0 Å². The SMILES string of the molecule is C.C.C.C.C.C.C.C.C.C.C.C.C.C.C.C.C.C.N.[3HH].[3HH].[3HH].[3HH].[3H][3H].[3H][3H].[3H][3H].[3H][3H].[3H][3H].[3H][3H].[3H][3H].[3H][3H].[3H][3H].[3H][3H].[3H][3H].[3H][3H].[3H][3H]. The zero-order valence-electron chi connectivity index (χ0n) is 26.7. The highest BCUT2D eigenvalue weighted by Crippen LogP contribution is 0.161. The summed E-state index contributed by atoms with van der Waals surface area (Å²) in [5.41, 5.74) is 0. The van der Waals surface area contributed by atoms with Crippen molar-refractivity contribution < 1.29 is 44.3 Å². The molecule has 0 aromatic carbocycles. The van der Waals surface area contributed by atoms with E-state index in [1.807, 2.05) is 0 Å². The Morgan fingerprint density at radius 2 is 0.211 bits per heavy atom. The van der Waals surface area contributed by atoms with Crippen LogP contribution < -0.4 is 6.15 Å². The summed E-state index contributed by atoms with van der Waals surface area (Å²) in [7, 11) is 0. The van der Waals surface area contributed by atoms with Crippen molar-refractivity contribution in [3.8, 4) is 0 Å². The van der Waals surface area contributed by atoms with Gasteiger partial charge in [0.1, 0.15) is 0 Å². The van der Waals surface area contributed by atoms with Gasteiger partial charge in [-0.05, 0) is 0 Å². The van der Waals surface area contributed by atoms with Gasteiger partial charge < -0.3 is 6.15 Å². The molecule has 0 spiro atoms. The van der Waals surface area contributed by atoms with Crippen LogP contribution in [0.15, 0.2) is 0 Å². The quantitative estimate of drug-likeness (QED) is 0.431. The summed E-state index contributed by atoms with van der Waals surface area (Å²) in [6.07, 6.45) is 0. The van der Waals surface area contributed by atoms with Gasteiger partial charge in [0.15, 0.2) is 0 Å². The second-order valence-electron chi connectivity index (χ2n) is 0. The fourth-order valence-corrected chi connectivity index (χ4v) is 0. The molecule has 0 aliphatic rings. The third-order valence-electron chi connectivity index (χ3n) is 0. The van der Waals surface area contributed by atoms with E-state index in [4.69, 9.17) is 38.6 Å². The first-order valence-electron chi connectivity index (χ1n) is 13.0. The van der Waals surface area contributed by atoms with Crippen LogP contribution in [0, 0.1) is 0 Å². The Hall–Kier alpha value is -0.0400. The van der Waals surface area contributed by atoms with E-state index in [1.165, 1.54) is 0 Å². The summed E-state index contributed by atoms with van der Waals surface area (Å²) >= 11 is 0. The third kappa shape index (κ3) is 2860000. The van der Waals surface area contributed by atoms with E-state index >= 15 is 0 Å². The van der Waals surface area contributed by atoms with Crippen molar-refractivity contribution in [1.82, 2.24) is 6.15 Å². The van der Waals surface area contributed by atoms with Crippen LogP contribution >= 0.6 is 0 Å². The van der Waals surface area contributed by atoms with E-state index in [9.17, 15) is 0 Å². The van der Waals surface area contributed by atoms with E-state index in [-0.39, 0.29) is 146 Å². The molecule has 0 saturated heterocycles. The normalized spacial score (nSPS) is 5.47. The molecule has 1 nitrogen and oxygen atoms in total. The molecule has 0 fully saturated rings. The standard InChI is InChI=1S/18CH4.H3N.17H2/h18*1H4;1H3;17*1H/i;;;;;;;;;;;;;;;;;;;13*1+2T;4*1+2. The molecule has 1 heteroatoms. The maximum absolute atomic E-state index is 5.00. The third-order valence-corrected chi connectivity index (χ3v) is 0. The second-order valence-corrected chi connectivity index (χ2v) is 0. The van der Waals surface area contributed by atoms with Crippen LogP contribution in [0.5, 0.6) is 0 Å². The molecular formula is C18H109N. The van der Waals surface area contributed by atoms with Gasteiger partial charge in [-0.25, -0.2) is 0 Å². The first-order valence-corrected chi connectivity index (χ1v) is 0. The minimum Gasteiger partial charge on any atom is -0.344 e. The Morgan fingerprint density at radius 1 is 0.211 bits per heavy atom. The number of hydrogen-bond acceptors (Lipinski definition) is 1. The lowest BCUT2D eigenvalue weighted by Crippen LogP contribution is -0.481. The Bertz CT molecular complexity index is 52.9. The molecule has 0 unspecified atom stereocenters. The highest BCUT2D eigenvalue weighted by atomic mass is 14.0. The van der Waals surface area contributed by atoms with E-state index in [1.54, 1.807) is 0 Å². The fourth-order valence-electron chi connectivity index (χ4n) is 0. The van der Waals surface area contributed by atoms with Crippen LogP contribution in [0.4, 0.5) is 0 Å². The molecule has 0 heterocycles. The fraction of sp³-hybridized carbons (Fsp3) is 1.00. The Labute approximate surface area is 186 Å². The van der Waals surface area contributed by atoms with Crippen molar-refractivity contribution >= 4 is 0 Å². The average molecular weight is 400 g/mol. The van der Waals surface area contributed by atoms with Crippen molar-refractivity contribution in [1.29, 1.82) is 0 Å². The number of hydrogen-bond donors (Lipinski definition) is 1. The molecule has 0 bridgehead atoms. The molecule has 0 rings (SSSR count). The minimum atomic E-state index is 0. The minimum absolute atomic E-state index is 0. The van der Waals surface area contributed by atoms with Crippen LogP contribution in [0.3, 0.4) is 0 Å². The van der Waals surface area contributed by atoms with Gasteiger partial charge in [-0.2, -0.15) is 0 Å². The van der Waals surface area contributed by atoms with Gasteiger partial charge in [0.05, 0.1) is 0 Å². The summed E-state index contributed by atoms with van der Waals surface area (Å²) in [5.74, 6) is 0. The zero-order valence-corrected chi connectivity index (χ0v) is 0.707. The van der Waals surface area contributed by atoms with E-state index < -0.39 is 0 Å². The molecule has 0 amide bonds. The first-order chi connectivity index (χ1) is 13.0. The summed E-state index contributed by atoms with van der Waals surface area (Å²) in [5, 5.41) is 0. The van der Waals surface area contributed by atoms with Gasteiger partial charge in [0.25, 0.3) is 0 Å². The number of rotatable bonds is 0. The van der Waals surface area contributed by atoms with Crippen LogP contribution in [0.25, 0.3) is 0 Å². The lowest BCUT2D eigenvalue weighted by molar-refractivity contribution is 2.13. The molecule has 186 valence electrons.